The zero-order chi connectivity index (χ0) is 23.3. The van der Waals surface area contributed by atoms with Crippen LogP contribution in [0.5, 0.6) is 17.2 Å². The van der Waals surface area contributed by atoms with Crippen LogP contribution in [0.3, 0.4) is 0 Å². The highest BCUT2D eigenvalue weighted by Crippen LogP contribution is 2.27. The van der Waals surface area contributed by atoms with Gasteiger partial charge in [0.05, 0.1) is 20.8 Å². The van der Waals surface area contributed by atoms with Crippen LogP contribution in [0.4, 0.5) is 0 Å². The number of ether oxygens (including phenoxy) is 3. The summed E-state index contributed by atoms with van der Waals surface area (Å²) in [5, 5.41) is 3.39. The molecule has 0 aromatic heterocycles. The van der Waals surface area contributed by atoms with Gasteiger partial charge in [-0.2, -0.15) is 0 Å². The maximum absolute atomic E-state index is 5.98. The van der Waals surface area contributed by atoms with Crippen LogP contribution in [0.1, 0.15) is 18.1 Å². The number of rotatable bonds is 12. The number of halogens is 1. The monoisotopic (exact) mass is 570 g/mol. The number of guanidine groups is 1. The molecule has 0 spiro atoms. The lowest BCUT2D eigenvalue weighted by Crippen LogP contribution is -2.40. The van der Waals surface area contributed by atoms with E-state index in [0.29, 0.717) is 13.2 Å². The van der Waals surface area contributed by atoms with Gasteiger partial charge in [0, 0.05) is 32.2 Å². The molecule has 0 saturated carbocycles. The Hall–Kier alpha value is -2.20. The molecule has 184 valence electrons. The molecule has 7 nitrogen and oxygen atoms in total. The first-order valence-corrected chi connectivity index (χ1v) is 11.0. The molecule has 0 bridgehead atoms. The molecule has 0 aliphatic carbocycles. The molecule has 0 unspecified atom stereocenters. The summed E-state index contributed by atoms with van der Waals surface area (Å²) >= 11 is 0. The number of nitrogens with zero attached hydrogens (tertiary/aromatic N) is 3. The first-order chi connectivity index (χ1) is 15.5. The second-order valence-corrected chi connectivity index (χ2v) is 7.79. The lowest BCUT2D eigenvalue weighted by molar-refractivity contribution is 0.259. The van der Waals surface area contributed by atoms with E-state index in [1.807, 2.05) is 44.4 Å². The van der Waals surface area contributed by atoms with Gasteiger partial charge in [0.1, 0.15) is 12.4 Å². The van der Waals surface area contributed by atoms with Gasteiger partial charge < -0.3 is 29.3 Å². The molecule has 0 atom stereocenters. The van der Waals surface area contributed by atoms with Gasteiger partial charge >= 0.3 is 0 Å². The average Bonchev–Trinajstić information content (AvgIpc) is 2.80. The number of para-hydroxylation sites is 1. The molecular weight excluding hydrogens is 531 g/mol. The molecule has 2 aromatic carbocycles. The Balaban J connectivity index is 0.00000544. The van der Waals surface area contributed by atoms with Crippen LogP contribution in [-0.2, 0) is 13.0 Å². The minimum atomic E-state index is 0. The van der Waals surface area contributed by atoms with Crippen molar-refractivity contribution in [3.8, 4) is 17.2 Å². The Morgan fingerprint density at radius 3 is 2.33 bits per heavy atom. The van der Waals surface area contributed by atoms with Crippen molar-refractivity contribution in [2.24, 2.45) is 4.99 Å². The number of aliphatic imine (C=N–C) groups is 1. The van der Waals surface area contributed by atoms with Crippen molar-refractivity contribution in [2.75, 3.05) is 61.6 Å². The molecule has 33 heavy (non-hydrogen) atoms. The SMILES string of the molecule is CCNC(=NCc1ccccc1OCCN(C)C)N(C)CCc1ccc(OC)c(OC)c1.I. The number of nitrogens with one attached hydrogen (secondary N) is 1. The maximum Gasteiger partial charge on any atom is 0.193 e. The molecule has 2 rings (SSSR count). The van der Waals surface area contributed by atoms with Crippen LogP contribution >= 0.6 is 24.0 Å². The van der Waals surface area contributed by atoms with E-state index in [2.05, 4.69) is 41.2 Å². The standard InChI is InChI=1S/C25H38N4O3.HI/c1-7-26-25(27-19-21-10-8-9-11-22(21)32-17-16-28(2)3)29(4)15-14-20-12-13-23(30-5)24(18-20)31-6;/h8-13,18H,7,14-17,19H2,1-6H3,(H,26,27);1H. The van der Waals surface area contributed by atoms with Gasteiger partial charge in [0.15, 0.2) is 17.5 Å². The van der Waals surface area contributed by atoms with Gasteiger partial charge in [0.2, 0.25) is 0 Å². The van der Waals surface area contributed by atoms with Gasteiger partial charge in [-0.3, -0.25) is 0 Å². The van der Waals surface area contributed by atoms with Crippen molar-refractivity contribution in [3.63, 3.8) is 0 Å². The molecule has 0 aliphatic rings. The molecule has 1 N–H and O–H groups in total. The van der Waals surface area contributed by atoms with Gasteiger partial charge in [-0.05, 0) is 51.2 Å². The smallest absolute Gasteiger partial charge is 0.193 e. The normalized spacial score (nSPS) is 11.1. The second-order valence-electron chi connectivity index (χ2n) is 7.79. The predicted octanol–water partition coefficient (Wildman–Crippen LogP) is 3.90. The van der Waals surface area contributed by atoms with E-state index in [1.54, 1.807) is 14.2 Å². The summed E-state index contributed by atoms with van der Waals surface area (Å²) in [5.41, 5.74) is 2.26. The number of likely N-dealkylation sites (N-methyl/N-ethyl adjacent to an activating group) is 2. The Kier molecular flexibility index (Phi) is 13.6. The fourth-order valence-corrected chi connectivity index (χ4v) is 3.18. The molecular formula is C25H39IN4O3. The highest BCUT2D eigenvalue weighted by Gasteiger charge is 2.10. The van der Waals surface area contributed by atoms with Crippen LogP contribution in [0, 0.1) is 0 Å². The zero-order valence-corrected chi connectivity index (χ0v) is 23.1. The van der Waals surface area contributed by atoms with E-state index in [0.717, 1.165) is 54.8 Å². The fraction of sp³-hybridized carbons (Fsp3) is 0.480. The zero-order valence-electron chi connectivity index (χ0n) is 20.8. The van der Waals surface area contributed by atoms with Crippen molar-refractivity contribution in [2.45, 2.75) is 19.9 Å². The van der Waals surface area contributed by atoms with Crippen LogP contribution in [0.25, 0.3) is 0 Å². The van der Waals surface area contributed by atoms with Gasteiger partial charge in [-0.25, -0.2) is 4.99 Å². The molecule has 0 aliphatic heterocycles. The Morgan fingerprint density at radius 1 is 0.939 bits per heavy atom. The number of methoxy groups -OCH3 is 2. The van der Waals surface area contributed by atoms with E-state index >= 15 is 0 Å². The number of benzene rings is 2. The fourth-order valence-electron chi connectivity index (χ4n) is 3.18. The summed E-state index contributed by atoms with van der Waals surface area (Å²) in [6, 6.07) is 14.1. The van der Waals surface area contributed by atoms with Crippen molar-refractivity contribution in [1.82, 2.24) is 15.1 Å². The van der Waals surface area contributed by atoms with Gasteiger partial charge in [-0.1, -0.05) is 24.3 Å². The lowest BCUT2D eigenvalue weighted by atomic mass is 10.1. The summed E-state index contributed by atoms with van der Waals surface area (Å²) in [5.74, 6) is 3.25. The van der Waals surface area contributed by atoms with E-state index in [-0.39, 0.29) is 24.0 Å². The average molecular weight is 571 g/mol. The molecule has 0 heterocycles. The summed E-state index contributed by atoms with van der Waals surface area (Å²) in [4.78, 5) is 9.11. The third kappa shape index (κ3) is 9.67. The van der Waals surface area contributed by atoms with E-state index in [1.165, 1.54) is 5.56 Å². The van der Waals surface area contributed by atoms with Gasteiger partial charge in [0.25, 0.3) is 0 Å². The third-order valence-electron chi connectivity index (χ3n) is 5.05. The minimum absolute atomic E-state index is 0. The Labute approximate surface area is 216 Å². The Morgan fingerprint density at radius 2 is 1.67 bits per heavy atom. The molecule has 8 heteroatoms. The summed E-state index contributed by atoms with van der Waals surface area (Å²) < 4.78 is 16.7. The van der Waals surface area contributed by atoms with E-state index < -0.39 is 0 Å². The summed E-state index contributed by atoms with van der Waals surface area (Å²) in [6.07, 6.45) is 0.867. The van der Waals surface area contributed by atoms with Crippen molar-refractivity contribution in [1.29, 1.82) is 0 Å². The van der Waals surface area contributed by atoms with Crippen LogP contribution in [0.2, 0.25) is 0 Å². The lowest BCUT2D eigenvalue weighted by Gasteiger charge is -2.22. The van der Waals surface area contributed by atoms with Gasteiger partial charge in [-0.15, -0.1) is 24.0 Å². The molecule has 0 fully saturated rings. The second kappa shape index (κ2) is 15.6. The number of hydrogen-bond acceptors (Lipinski definition) is 5. The third-order valence-corrected chi connectivity index (χ3v) is 5.05. The molecule has 0 amide bonds. The summed E-state index contributed by atoms with van der Waals surface area (Å²) in [7, 11) is 9.45. The van der Waals surface area contributed by atoms with Crippen molar-refractivity contribution in [3.05, 3.63) is 53.6 Å². The number of hydrogen-bond donors (Lipinski definition) is 1. The largest absolute Gasteiger partial charge is 0.493 e. The highest BCUT2D eigenvalue weighted by molar-refractivity contribution is 14.0. The topological polar surface area (TPSA) is 58.6 Å². The van der Waals surface area contributed by atoms with E-state index in [9.17, 15) is 0 Å². The minimum Gasteiger partial charge on any atom is -0.493 e. The first-order valence-electron chi connectivity index (χ1n) is 11.0. The summed E-state index contributed by atoms with van der Waals surface area (Å²) in [6.45, 7) is 5.79. The Bertz CT molecular complexity index is 861. The highest BCUT2D eigenvalue weighted by atomic mass is 127. The van der Waals surface area contributed by atoms with Crippen molar-refractivity contribution >= 4 is 29.9 Å². The molecule has 0 saturated heterocycles. The molecule has 2 aromatic rings. The molecule has 0 radical (unpaired) electrons. The first kappa shape index (κ1) is 28.8. The quantitative estimate of drug-likeness (QED) is 0.238. The van der Waals surface area contributed by atoms with E-state index in [4.69, 9.17) is 19.2 Å². The van der Waals surface area contributed by atoms with Crippen LogP contribution < -0.4 is 19.5 Å². The maximum atomic E-state index is 5.98. The van der Waals surface area contributed by atoms with Crippen molar-refractivity contribution < 1.29 is 14.2 Å². The predicted molar refractivity (Wildman–Crippen MR) is 147 cm³/mol. The van der Waals surface area contributed by atoms with Crippen LogP contribution in [-0.4, -0.2) is 77.4 Å². The van der Waals surface area contributed by atoms with Crippen LogP contribution in [0.15, 0.2) is 47.5 Å².